The fourth-order valence-electron chi connectivity index (χ4n) is 3.12. The number of benzene rings is 1. The van der Waals surface area contributed by atoms with Crippen LogP contribution in [0.2, 0.25) is 0 Å². The van der Waals surface area contributed by atoms with Gasteiger partial charge in [-0.25, -0.2) is 0 Å². The second-order valence-corrected chi connectivity index (χ2v) is 7.31. The Morgan fingerprint density at radius 2 is 1.85 bits per heavy atom. The molecule has 0 aromatic heterocycles. The second-order valence-electron chi connectivity index (χ2n) is 7.31. The van der Waals surface area contributed by atoms with E-state index in [-0.39, 0.29) is 0 Å². The van der Waals surface area contributed by atoms with Crippen molar-refractivity contribution in [3.63, 3.8) is 0 Å². The summed E-state index contributed by atoms with van der Waals surface area (Å²) in [5.74, 6) is 0. The molecule has 0 fully saturated rings. The van der Waals surface area contributed by atoms with Crippen molar-refractivity contribution in [2.45, 2.75) is 52.9 Å². The number of nitrogens with zero attached hydrogens (tertiary/aromatic N) is 2. The second kappa shape index (κ2) is 10.8. The molecular weight excluding hydrogens is 316 g/mol. The van der Waals surface area contributed by atoms with Crippen molar-refractivity contribution < 1.29 is 0 Å². The predicted octanol–water partition coefficient (Wildman–Crippen LogP) is 6.09. The van der Waals surface area contributed by atoms with E-state index in [1.165, 1.54) is 16.7 Å². The van der Waals surface area contributed by atoms with Crippen LogP contribution in [0.15, 0.2) is 48.1 Å². The Morgan fingerprint density at radius 1 is 1.15 bits per heavy atom. The monoisotopic (exact) mass is 350 g/mol. The largest absolute Gasteiger partial charge is 0.309 e. The van der Waals surface area contributed by atoms with Crippen molar-refractivity contribution in [1.29, 1.82) is 5.26 Å². The van der Waals surface area contributed by atoms with Crippen LogP contribution < -0.4 is 0 Å². The highest BCUT2D eigenvalue weighted by Gasteiger charge is 2.16. The van der Waals surface area contributed by atoms with E-state index in [9.17, 15) is 5.26 Å². The van der Waals surface area contributed by atoms with Crippen LogP contribution in [0.3, 0.4) is 0 Å². The molecule has 1 aromatic carbocycles. The topological polar surface area (TPSA) is 27.0 Å². The summed E-state index contributed by atoms with van der Waals surface area (Å²) in [5, 5.41) is 9.69. The summed E-state index contributed by atoms with van der Waals surface area (Å²) in [6.07, 6.45) is 4.49. The zero-order chi connectivity index (χ0) is 19.7. The van der Waals surface area contributed by atoms with Gasteiger partial charge in [-0.05, 0) is 69.0 Å². The molecular formula is C24H34N2. The van der Waals surface area contributed by atoms with E-state index in [1.54, 1.807) is 0 Å². The Balaban J connectivity index is 3.37. The van der Waals surface area contributed by atoms with Crippen molar-refractivity contribution in [1.82, 2.24) is 4.90 Å². The molecule has 26 heavy (non-hydrogen) atoms. The van der Waals surface area contributed by atoms with Gasteiger partial charge >= 0.3 is 0 Å². The zero-order valence-corrected chi connectivity index (χ0v) is 17.3. The van der Waals surface area contributed by atoms with Crippen LogP contribution in [0.1, 0.15) is 56.2 Å². The minimum absolute atomic E-state index is 0.726. The molecule has 0 amide bonds. The predicted molar refractivity (Wildman–Crippen MR) is 114 cm³/mol. The summed E-state index contributed by atoms with van der Waals surface area (Å²) >= 11 is 0. The maximum Gasteiger partial charge on any atom is 0.0953 e. The average Bonchev–Trinajstić information content (AvgIpc) is 2.59. The summed E-state index contributed by atoms with van der Waals surface area (Å²) in [5.41, 5.74) is 7.78. The van der Waals surface area contributed by atoms with E-state index >= 15 is 0 Å². The van der Waals surface area contributed by atoms with Crippen LogP contribution in [0.4, 0.5) is 0 Å². The molecule has 0 heterocycles. The molecule has 0 aliphatic heterocycles. The van der Waals surface area contributed by atoms with E-state index in [0.717, 1.165) is 60.9 Å². The van der Waals surface area contributed by atoms with Crippen LogP contribution in [-0.2, 0) is 6.42 Å². The number of allylic oxidation sites excluding steroid dienone is 3. The van der Waals surface area contributed by atoms with E-state index in [2.05, 4.69) is 70.3 Å². The van der Waals surface area contributed by atoms with Gasteiger partial charge in [0, 0.05) is 12.1 Å². The third-order valence-corrected chi connectivity index (χ3v) is 4.58. The maximum atomic E-state index is 9.69. The number of hydrogen-bond acceptors (Lipinski definition) is 2. The molecule has 0 saturated carbocycles. The van der Waals surface area contributed by atoms with Crippen LogP contribution in [0.25, 0.3) is 5.57 Å². The van der Waals surface area contributed by atoms with Crippen molar-refractivity contribution in [3.8, 4) is 6.07 Å². The number of aryl methyl sites for hydroxylation is 1. The van der Waals surface area contributed by atoms with Gasteiger partial charge in [0.15, 0.2) is 0 Å². The molecule has 0 radical (unpaired) electrons. The molecule has 1 aromatic rings. The van der Waals surface area contributed by atoms with Crippen molar-refractivity contribution in [2.75, 3.05) is 20.6 Å². The molecule has 140 valence electrons. The lowest BCUT2D eigenvalue weighted by atomic mass is 9.85. The molecule has 1 rings (SSSR count). The van der Waals surface area contributed by atoms with Crippen LogP contribution >= 0.6 is 0 Å². The van der Waals surface area contributed by atoms with Gasteiger partial charge in [0.05, 0.1) is 6.07 Å². The van der Waals surface area contributed by atoms with E-state index in [1.807, 2.05) is 6.92 Å². The lowest BCUT2D eigenvalue weighted by molar-refractivity contribution is 0.412. The molecule has 0 unspecified atom stereocenters. The number of hydrogen-bond donors (Lipinski definition) is 0. The molecule has 0 atom stereocenters. The molecule has 0 saturated heterocycles. The lowest BCUT2D eigenvalue weighted by Gasteiger charge is -2.19. The fraction of sp³-hybridized carbons (Fsp3) is 0.458. The van der Waals surface area contributed by atoms with Gasteiger partial charge in [0.25, 0.3) is 0 Å². The highest BCUT2D eigenvalue weighted by Crippen LogP contribution is 2.33. The van der Waals surface area contributed by atoms with Crippen molar-refractivity contribution in [2.24, 2.45) is 0 Å². The first-order valence-electron chi connectivity index (χ1n) is 9.56. The molecule has 0 N–H and O–H groups in total. The summed E-state index contributed by atoms with van der Waals surface area (Å²) in [7, 11) is 4.17. The molecule has 0 aliphatic rings. The van der Waals surface area contributed by atoms with Gasteiger partial charge in [-0.15, -0.1) is 0 Å². The van der Waals surface area contributed by atoms with Crippen molar-refractivity contribution >= 4 is 5.57 Å². The van der Waals surface area contributed by atoms with E-state index < -0.39 is 0 Å². The lowest BCUT2D eigenvalue weighted by Crippen LogP contribution is -2.14. The minimum Gasteiger partial charge on any atom is -0.309 e. The summed E-state index contributed by atoms with van der Waals surface area (Å²) in [4.78, 5) is 2.18. The number of nitriles is 1. The van der Waals surface area contributed by atoms with Gasteiger partial charge in [-0.3, -0.25) is 0 Å². The summed E-state index contributed by atoms with van der Waals surface area (Å²) in [6.45, 7) is 15.9. The molecule has 2 nitrogen and oxygen atoms in total. The van der Waals surface area contributed by atoms with Crippen molar-refractivity contribution in [3.05, 3.63) is 64.8 Å². The highest BCUT2D eigenvalue weighted by molar-refractivity contribution is 5.84. The Bertz CT molecular complexity index is 714. The molecule has 0 aliphatic carbocycles. The van der Waals surface area contributed by atoms with Gasteiger partial charge in [0.1, 0.15) is 0 Å². The molecule has 0 spiro atoms. The molecule has 2 heteroatoms. The smallest absolute Gasteiger partial charge is 0.0953 e. The maximum absolute atomic E-state index is 9.69. The summed E-state index contributed by atoms with van der Waals surface area (Å²) < 4.78 is 0. The first-order chi connectivity index (χ1) is 12.3. The van der Waals surface area contributed by atoms with E-state index in [4.69, 9.17) is 0 Å². The zero-order valence-electron chi connectivity index (χ0n) is 17.3. The average molecular weight is 351 g/mol. The Kier molecular flexibility index (Phi) is 9.10. The van der Waals surface area contributed by atoms with Crippen LogP contribution in [-0.4, -0.2) is 25.5 Å². The standard InChI is InChI=1S/C24H34N2/c1-8-10-20(5)24(21(9-2)17-25)23-16-18(3)11-12-22(23)15-19(4)13-14-26(6)7/h11-12,16H,4-5,8-10,13-15H2,1-3,6-7H3/b24-21+. The van der Waals surface area contributed by atoms with Gasteiger partial charge in [0.2, 0.25) is 0 Å². The third kappa shape index (κ3) is 6.32. The molecule has 0 bridgehead atoms. The Hall–Kier alpha value is -2.11. The van der Waals surface area contributed by atoms with E-state index in [0.29, 0.717) is 0 Å². The fourth-order valence-corrected chi connectivity index (χ4v) is 3.12. The third-order valence-electron chi connectivity index (χ3n) is 4.58. The van der Waals surface area contributed by atoms with Crippen LogP contribution in [0, 0.1) is 18.3 Å². The minimum atomic E-state index is 0.726. The van der Waals surface area contributed by atoms with Gasteiger partial charge in [-0.2, -0.15) is 5.26 Å². The van der Waals surface area contributed by atoms with Gasteiger partial charge < -0.3 is 4.90 Å². The Morgan fingerprint density at radius 3 is 2.38 bits per heavy atom. The number of rotatable bonds is 10. The first-order valence-corrected chi connectivity index (χ1v) is 9.56. The SMILES string of the molecule is C=C(CCN(C)C)Cc1ccc(C)cc1/C(C(=C)CCC)=C(/C#N)CC. The first kappa shape index (κ1) is 21.9. The Labute approximate surface area is 160 Å². The highest BCUT2D eigenvalue weighted by atomic mass is 15.0. The van der Waals surface area contributed by atoms with Gasteiger partial charge in [-0.1, -0.05) is 62.8 Å². The van der Waals surface area contributed by atoms with Crippen LogP contribution in [0.5, 0.6) is 0 Å². The quantitative estimate of drug-likeness (QED) is 0.290. The summed E-state index contributed by atoms with van der Waals surface area (Å²) in [6, 6.07) is 8.96. The normalized spacial score (nSPS) is 11.9.